The van der Waals surface area contributed by atoms with Crippen LogP contribution in [0.25, 0.3) is 22.0 Å². The van der Waals surface area contributed by atoms with Gasteiger partial charge in [0.15, 0.2) is 0 Å². The molecule has 180 valence electrons. The minimum Gasteiger partial charge on any atom is -0.384 e. The molecule has 0 bridgehead atoms. The zero-order chi connectivity index (χ0) is 24.3. The monoisotopic (exact) mass is 483 g/mol. The van der Waals surface area contributed by atoms with Crippen LogP contribution in [0.3, 0.4) is 0 Å². The zero-order valence-corrected chi connectivity index (χ0v) is 19.9. The number of methoxy groups -OCH3 is 1. The summed E-state index contributed by atoms with van der Waals surface area (Å²) < 4.78 is 31.5. The number of nitrogens with two attached hydrogens (primary N) is 1. The molecular weight excluding hydrogens is 454 g/mol. The van der Waals surface area contributed by atoms with E-state index in [2.05, 4.69) is 11.1 Å². The maximum atomic E-state index is 12.5. The van der Waals surface area contributed by atoms with Gasteiger partial charge in [0.05, 0.1) is 18.8 Å². The summed E-state index contributed by atoms with van der Waals surface area (Å²) in [6.07, 6.45) is 4.27. The highest BCUT2D eigenvalue weighted by Gasteiger charge is 2.29. The summed E-state index contributed by atoms with van der Waals surface area (Å²) in [5, 5.41) is 0.992. The van der Waals surface area contributed by atoms with Crippen LogP contribution in [0.15, 0.2) is 42.6 Å². The Bertz CT molecular complexity index is 1310. The van der Waals surface area contributed by atoms with Gasteiger partial charge in [0, 0.05) is 42.9 Å². The largest absolute Gasteiger partial charge is 0.384 e. The van der Waals surface area contributed by atoms with Crippen molar-refractivity contribution in [1.29, 1.82) is 0 Å². The van der Waals surface area contributed by atoms with Crippen molar-refractivity contribution in [2.24, 2.45) is 5.73 Å². The Hall–Kier alpha value is -3.01. The molecule has 0 aliphatic carbocycles. The van der Waals surface area contributed by atoms with Crippen LogP contribution in [0, 0.1) is 0 Å². The molecule has 34 heavy (non-hydrogen) atoms. The van der Waals surface area contributed by atoms with Gasteiger partial charge >= 0.3 is 0 Å². The van der Waals surface area contributed by atoms with Crippen LogP contribution in [0.2, 0.25) is 0 Å². The Morgan fingerprint density at radius 2 is 1.97 bits per heavy atom. The molecule has 1 aromatic heterocycles. The fourth-order valence-corrected chi connectivity index (χ4v) is 6.12. The van der Waals surface area contributed by atoms with E-state index in [1.807, 2.05) is 30.5 Å². The van der Waals surface area contributed by atoms with Gasteiger partial charge < -0.3 is 15.5 Å². The molecule has 1 saturated heterocycles. The molecule has 9 heteroatoms. The molecule has 0 radical (unpaired) electrons. The molecule has 0 saturated carbocycles. The number of sulfonamides is 1. The fraction of sp³-hybridized carbons (Fsp3) is 0.360. The van der Waals surface area contributed by atoms with Gasteiger partial charge in [-0.2, -0.15) is 0 Å². The number of ether oxygens (including phenoxy) is 1. The number of hydrogen-bond donors (Lipinski definition) is 2. The summed E-state index contributed by atoms with van der Waals surface area (Å²) in [7, 11) is -1.83. The molecule has 0 atom stereocenters. The van der Waals surface area contributed by atoms with Gasteiger partial charge in [-0.05, 0) is 59.2 Å². The third kappa shape index (κ3) is 5.06. The second kappa shape index (κ2) is 10.1. The number of primary amides is 1. The number of aldehydes is 1. The number of aromatic nitrogens is 1. The van der Waals surface area contributed by atoms with Gasteiger partial charge in [-0.25, -0.2) is 12.7 Å². The summed E-state index contributed by atoms with van der Waals surface area (Å²) in [5.41, 5.74) is 10.6. The van der Waals surface area contributed by atoms with Crippen molar-refractivity contribution >= 4 is 33.1 Å². The first-order chi connectivity index (χ1) is 16.3. The molecule has 0 spiro atoms. The quantitative estimate of drug-likeness (QED) is 0.453. The molecule has 3 aromatic rings. The van der Waals surface area contributed by atoms with Crippen molar-refractivity contribution < 1.29 is 22.7 Å². The number of nitrogens with one attached hydrogen (secondary N) is 1. The lowest BCUT2D eigenvalue weighted by Crippen LogP contribution is -2.39. The molecule has 3 N–H and O–H groups in total. The number of nitrogens with zero attached hydrogens (tertiary/aromatic N) is 1. The average molecular weight is 484 g/mol. The molecule has 1 fully saturated rings. The van der Waals surface area contributed by atoms with E-state index in [1.54, 1.807) is 10.4 Å². The number of H-pyrrole nitrogens is 1. The standard InChI is InChI=1S/C25H29N3O5S/c1-33-9-10-34(31,32)28-7-5-18(6-8-28)23-15-27-25-21(14-24(26)30)12-20(13-22(23)25)19-4-2-3-17(11-19)16-29/h2-4,11-13,15-16,18,27H,5-10,14H2,1H3,(H2,26,30). The van der Waals surface area contributed by atoms with E-state index in [-0.39, 0.29) is 24.7 Å². The van der Waals surface area contributed by atoms with Crippen LogP contribution in [-0.4, -0.2) is 62.5 Å². The molecule has 8 nitrogen and oxygen atoms in total. The van der Waals surface area contributed by atoms with Crippen molar-refractivity contribution in [2.75, 3.05) is 32.6 Å². The number of piperidine rings is 1. The summed E-state index contributed by atoms with van der Waals surface area (Å²) in [5.74, 6) is -0.257. The van der Waals surface area contributed by atoms with Crippen molar-refractivity contribution in [3.8, 4) is 11.1 Å². The molecular formula is C25H29N3O5S. The fourth-order valence-electron chi connectivity index (χ4n) is 4.71. The maximum Gasteiger partial charge on any atom is 0.221 e. The van der Waals surface area contributed by atoms with E-state index < -0.39 is 15.9 Å². The summed E-state index contributed by atoms with van der Waals surface area (Å²) in [6.45, 7) is 1.10. The molecule has 4 rings (SSSR count). The van der Waals surface area contributed by atoms with Crippen LogP contribution in [-0.2, 0) is 26.0 Å². The Balaban J connectivity index is 1.68. The maximum absolute atomic E-state index is 12.5. The first-order valence-electron chi connectivity index (χ1n) is 11.3. The van der Waals surface area contributed by atoms with Crippen molar-refractivity contribution in [3.63, 3.8) is 0 Å². The Morgan fingerprint density at radius 3 is 2.65 bits per heavy atom. The first-order valence-corrected chi connectivity index (χ1v) is 12.9. The van der Waals surface area contributed by atoms with Crippen LogP contribution < -0.4 is 5.73 Å². The topological polar surface area (TPSA) is 123 Å². The van der Waals surface area contributed by atoms with Crippen molar-refractivity contribution in [3.05, 3.63) is 59.3 Å². The predicted octanol–water partition coefficient (Wildman–Crippen LogP) is 2.83. The number of rotatable bonds is 9. The van der Waals surface area contributed by atoms with Crippen molar-refractivity contribution in [1.82, 2.24) is 9.29 Å². The lowest BCUT2D eigenvalue weighted by molar-refractivity contribution is -0.117. The lowest BCUT2D eigenvalue weighted by Gasteiger charge is -2.31. The summed E-state index contributed by atoms with van der Waals surface area (Å²) in [6, 6.07) is 11.3. The number of amides is 1. The molecule has 1 aliphatic heterocycles. The molecule has 1 amide bonds. The normalized spacial score (nSPS) is 15.6. The van der Waals surface area contributed by atoms with Crippen molar-refractivity contribution in [2.45, 2.75) is 25.2 Å². The number of carbonyl (C=O) groups is 2. The summed E-state index contributed by atoms with van der Waals surface area (Å²) in [4.78, 5) is 26.4. The van der Waals surface area contributed by atoms with E-state index in [1.165, 1.54) is 7.11 Å². The molecule has 2 heterocycles. The second-order valence-corrected chi connectivity index (χ2v) is 10.8. The van der Waals surface area contributed by atoms with Gasteiger partial charge in [0.1, 0.15) is 6.29 Å². The first kappa shape index (κ1) is 24.1. The average Bonchev–Trinajstić information content (AvgIpc) is 3.27. The predicted molar refractivity (Wildman–Crippen MR) is 131 cm³/mol. The SMILES string of the molecule is COCCS(=O)(=O)N1CCC(c2c[nH]c3c(CC(N)=O)cc(-c4cccc(C=O)c4)cc23)CC1. The van der Waals surface area contributed by atoms with Crippen LogP contribution in [0.1, 0.15) is 40.2 Å². The van der Waals surface area contributed by atoms with Gasteiger partial charge in [-0.15, -0.1) is 0 Å². The number of benzene rings is 2. The minimum atomic E-state index is -3.33. The lowest BCUT2D eigenvalue weighted by atomic mass is 9.88. The Kier molecular flexibility index (Phi) is 7.16. The highest BCUT2D eigenvalue weighted by molar-refractivity contribution is 7.89. The van der Waals surface area contributed by atoms with E-state index in [9.17, 15) is 18.0 Å². The summed E-state index contributed by atoms with van der Waals surface area (Å²) >= 11 is 0. The van der Waals surface area contributed by atoms with E-state index in [0.29, 0.717) is 31.5 Å². The number of aromatic amines is 1. The molecule has 0 unspecified atom stereocenters. The molecule has 1 aliphatic rings. The van der Waals surface area contributed by atoms with Crippen LogP contribution in [0.4, 0.5) is 0 Å². The van der Waals surface area contributed by atoms with Gasteiger partial charge in [0.25, 0.3) is 0 Å². The Labute approximate surface area is 199 Å². The van der Waals surface area contributed by atoms with E-state index >= 15 is 0 Å². The number of carbonyl (C=O) groups excluding carboxylic acids is 2. The van der Waals surface area contributed by atoms with E-state index in [0.717, 1.165) is 39.4 Å². The Morgan fingerprint density at radius 1 is 1.21 bits per heavy atom. The van der Waals surface area contributed by atoms with Gasteiger partial charge in [-0.1, -0.05) is 18.2 Å². The van der Waals surface area contributed by atoms with Crippen LogP contribution in [0.5, 0.6) is 0 Å². The second-order valence-electron chi connectivity index (χ2n) is 8.67. The zero-order valence-electron chi connectivity index (χ0n) is 19.1. The third-order valence-corrected chi connectivity index (χ3v) is 8.29. The van der Waals surface area contributed by atoms with Gasteiger partial charge in [0.2, 0.25) is 15.9 Å². The number of hydrogen-bond acceptors (Lipinski definition) is 5. The molecule has 2 aromatic carbocycles. The minimum absolute atomic E-state index is 0.0130. The smallest absolute Gasteiger partial charge is 0.221 e. The van der Waals surface area contributed by atoms with Gasteiger partial charge in [-0.3, -0.25) is 9.59 Å². The highest BCUT2D eigenvalue weighted by Crippen LogP contribution is 2.37. The highest BCUT2D eigenvalue weighted by atomic mass is 32.2. The van der Waals surface area contributed by atoms with Crippen LogP contribution >= 0.6 is 0 Å². The van der Waals surface area contributed by atoms with E-state index in [4.69, 9.17) is 10.5 Å². The number of fused-ring (bicyclic) bond motifs is 1. The third-order valence-electron chi connectivity index (χ3n) is 6.46.